The fraction of sp³-hybridized carbons (Fsp3) is 0.167. The summed E-state index contributed by atoms with van der Waals surface area (Å²) in [5, 5.41) is 3.40. The molecule has 1 unspecified atom stereocenters. The van der Waals surface area contributed by atoms with Gasteiger partial charge in [0.25, 0.3) is 0 Å². The Labute approximate surface area is 112 Å². The molecule has 0 spiro atoms. The van der Waals surface area contributed by atoms with E-state index in [2.05, 4.69) is 55.1 Å². The maximum Gasteiger partial charge on any atom is 0.184 e. The minimum Gasteiger partial charge on any atom is -0.358 e. The van der Waals surface area contributed by atoms with Gasteiger partial charge in [-0.25, -0.2) is 0 Å². The molecule has 2 heteroatoms. The van der Waals surface area contributed by atoms with Crippen molar-refractivity contribution in [3.8, 4) is 0 Å². The molecule has 0 fully saturated rings. The monoisotopic (exact) mass is 262 g/mol. The van der Waals surface area contributed by atoms with Crippen molar-refractivity contribution >= 4 is 11.8 Å². The third-order valence-electron chi connectivity index (χ3n) is 2.13. The molecule has 1 heterocycles. The molecule has 1 aliphatic heterocycles. The minimum absolute atomic E-state index is 0. The first-order valence-electron chi connectivity index (χ1n) is 4.23. The molecule has 1 aromatic rings. The summed E-state index contributed by atoms with van der Waals surface area (Å²) in [6, 6.07) is 8.72. The molecule has 1 N–H and O–H groups in total. The Morgan fingerprint density at radius 2 is 2.00 bits per heavy atom. The van der Waals surface area contributed by atoms with Gasteiger partial charge in [0.15, 0.2) is 5.69 Å². The summed E-state index contributed by atoms with van der Waals surface area (Å²) < 4.78 is 0. The van der Waals surface area contributed by atoms with Crippen LogP contribution in [0.4, 0.5) is 5.69 Å². The normalized spacial score (nSPS) is 17.6. The van der Waals surface area contributed by atoms with Gasteiger partial charge in [0.05, 0.1) is 0 Å². The van der Waals surface area contributed by atoms with Crippen LogP contribution in [0.25, 0.3) is 6.08 Å². The smallest absolute Gasteiger partial charge is 0.184 e. The van der Waals surface area contributed by atoms with Crippen LogP contribution in [-0.4, -0.2) is 6.04 Å². The number of rotatable bonds is 1. The molecule has 72 valence electrons. The second kappa shape index (κ2) is 6.50. The Bertz CT molecular complexity index is 307. The largest absolute Gasteiger partial charge is 0.358 e. The van der Waals surface area contributed by atoms with Crippen molar-refractivity contribution in [1.82, 2.24) is 0 Å². The molecule has 1 atom stereocenters. The molecule has 0 saturated heterocycles. The summed E-state index contributed by atoms with van der Waals surface area (Å²) in [5.41, 5.74) is 2.50. The van der Waals surface area contributed by atoms with E-state index in [1.807, 2.05) is 0 Å². The zero-order valence-electron chi connectivity index (χ0n) is 8.70. The first-order chi connectivity index (χ1) is 5.90. The van der Waals surface area contributed by atoms with E-state index < -0.39 is 0 Å². The fourth-order valence-electron chi connectivity index (χ4n) is 1.40. The van der Waals surface area contributed by atoms with Gasteiger partial charge in [-0.1, -0.05) is 18.2 Å². The Kier molecular flexibility index (Phi) is 6.51. The SMILES string of the molecule is C[CH-]C1C=Cc2ccccc2[NH+]1.[CH3-].[Y]. The van der Waals surface area contributed by atoms with Crippen molar-refractivity contribution in [2.24, 2.45) is 0 Å². The fourth-order valence-corrected chi connectivity index (χ4v) is 1.40. The minimum atomic E-state index is 0. The first-order valence-corrected chi connectivity index (χ1v) is 4.23. The van der Waals surface area contributed by atoms with Crippen LogP contribution in [0.5, 0.6) is 0 Å². The number of hydrogen-bond donors (Lipinski definition) is 1. The average molecular weight is 262 g/mol. The van der Waals surface area contributed by atoms with Gasteiger partial charge in [0.1, 0.15) is 0 Å². The van der Waals surface area contributed by atoms with Gasteiger partial charge in [-0.2, -0.15) is 12.2 Å². The second-order valence-electron chi connectivity index (χ2n) is 2.95. The van der Waals surface area contributed by atoms with Crippen molar-refractivity contribution < 1.29 is 38.0 Å². The molecular formula is C12H15NY-. The molecule has 1 aliphatic rings. The Balaban J connectivity index is 0.000000845. The molecule has 1 aromatic carbocycles. The summed E-state index contributed by atoms with van der Waals surface area (Å²) in [6.45, 7) is 2.07. The van der Waals surface area contributed by atoms with Crippen LogP contribution in [-0.2, 0) is 32.7 Å². The first kappa shape index (κ1) is 14.0. The van der Waals surface area contributed by atoms with Crippen LogP contribution in [0.2, 0.25) is 0 Å². The van der Waals surface area contributed by atoms with Crippen molar-refractivity contribution in [2.75, 3.05) is 0 Å². The average Bonchev–Trinajstić information content (AvgIpc) is 2.17. The number of anilines is 1. The Hall–Kier alpha value is 0.0239. The maximum absolute atomic E-state index is 3.40. The third-order valence-corrected chi connectivity index (χ3v) is 2.13. The van der Waals surface area contributed by atoms with Crippen molar-refractivity contribution in [1.29, 1.82) is 0 Å². The van der Waals surface area contributed by atoms with Gasteiger partial charge < -0.3 is 7.43 Å². The van der Waals surface area contributed by atoms with E-state index in [4.69, 9.17) is 0 Å². The third kappa shape index (κ3) is 3.01. The molecule has 0 saturated carbocycles. The Morgan fingerprint density at radius 1 is 1.29 bits per heavy atom. The van der Waals surface area contributed by atoms with Gasteiger partial charge in [-0.3, -0.25) is 6.42 Å². The van der Waals surface area contributed by atoms with Gasteiger partial charge in [-0.05, 0) is 12.1 Å². The van der Waals surface area contributed by atoms with E-state index in [1.165, 1.54) is 11.3 Å². The zero-order chi connectivity index (χ0) is 8.39. The topological polar surface area (TPSA) is 15.6 Å². The molecule has 0 aliphatic carbocycles. The van der Waals surface area contributed by atoms with Gasteiger partial charge in [0, 0.05) is 50.4 Å². The van der Waals surface area contributed by atoms with E-state index in [9.17, 15) is 0 Å². The standard InChI is InChI=1S/C11H12N.CH3.Y/c1-2-10-8-7-9-5-3-4-6-11(9)12-10;;/h2-8,10,12H,1H3;1H3;/q;-1;. The molecule has 0 amide bonds. The molecule has 0 bridgehead atoms. The number of benzene rings is 1. The van der Waals surface area contributed by atoms with Crippen LogP contribution in [0.3, 0.4) is 0 Å². The quantitative estimate of drug-likeness (QED) is 0.742. The van der Waals surface area contributed by atoms with Crippen LogP contribution < -0.4 is 5.32 Å². The van der Waals surface area contributed by atoms with Crippen LogP contribution >= 0.6 is 0 Å². The van der Waals surface area contributed by atoms with Crippen molar-refractivity contribution in [3.05, 3.63) is 49.8 Å². The molecule has 2 radical (unpaired) electrons. The van der Waals surface area contributed by atoms with Gasteiger partial charge in [0.2, 0.25) is 0 Å². The van der Waals surface area contributed by atoms with Crippen LogP contribution in [0.1, 0.15) is 12.5 Å². The predicted molar refractivity (Wildman–Crippen MR) is 56.3 cm³/mol. The Morgan fingerprint density at radius 3 is 2.71 bits per heavy atom. The van der Waals surface area contributed by atoms with Crippen LogP contribution in [0, 0.1) is 13.8 Å². The van der Waals surface area contributed by atoms with Gasteiger partial charge in [-0.15, -0.1) is 0 Å². The number of fused-ring (bicyclic) bond motifs is 1. The summed E-state index contributed by atoms with van der Waals surface area (Å²) >= 11 is 0. The number of hydrogen-bond acceptors (Lipinski definition) is 1. The van der Waals surface area contributed by atoms with E-state index in [0.717, 1.165) is 0 Å². The molecule has 14 heavy (non-hydrogen) atoms. The van der Waals surface area contributed by atoms with Gasteiger partial charge >= 0.3 is 0 Å². The molecule has 2 rings (SSSR count). The van der Waals surface area contributed by atoms with Crippen molar-refractivity contribution in [3.63, 3.8) is 0 Å². The number of nitrogens with one attached hydrogen (secondary N) is 1. The maximum atomic E-state index is 3.40. The summed E-state index contributed by atoms with van der Waals surface area (Å²) in [5.74, 6) is 0. The number of para-hydroxylation sites is 1. The molecule has 1 nitrogen and oxygen atoms in total. The predicted octanol–water partition coefficient (Wildman–Crippen LogP) is 1.73. The second-order valence-corrected chi connectivity index (χ2v) is 2.95. The van der Waals surface area contributed by atoms with E-state index in [-0.39, 0.29) is 40.1 Å². The molecule has 0 aromatic heterocycles. The van der Waals surface area contributed by atoms with Crippen LogP contribution in [0.15, 0.2) is 30.3 Å². The summed E-state index contributed by atoms with van der Waals surface area (Å²) in [7, 11) is 0. The van der Waals surface area contributed by atoms with E-state index in [1.54, 1.807) is 0 Å². The van der Waals surface area contributed by atoms with E-state index >= 15 is 0 Å². The van der Waals surface area contributed by atoms with E-state index in [0.29, 0.717) is 6.04 Å². The zero-order valence-corrected chi connectivity index (χ0v) is 11.5. The molecular weight excluding hydrogens is 247 g/mol. The summed E-state index contributed by atoms with van der Waals surface area (Å²) in [4.78, 5) is 0. The summed E-state index contributed by atoms with van der Waals surface area (Å²) in [6.07, 6.45) is 6.48. The van der Waals surface area contributed by atoms with Crippen molar-refractivity contribution in [2.45, 2.75) is 13.0 Å².